The average molecular weight is 830 g/mol. The summed E-state index contributed by atoms with van der Waals surface area (Å²) in [6.07, 6.45) is 58.6. The molecular formula is C53H99NO5. The normalized spacial score (nSPS) is 12.9. The quantitative estimate of drug-likeness (QED) is 0.0323. The smallest absolute Gasteiger partial charge is 0.305 e. The third-order valence-corrected chi connectivity index (χ3v) is 11.7. The minimum absolute atomic E-state index is 0.0115. The molecular weight excluding hydrogens is 731 g/mol. The van der Waals surface area contributed by atoms with Gasteiger partial charge in [0.2, 0.25) is 5.91 Å². The van der Waals surface area contributed by atoms with Crippen molar-refractivity contribution in [1.29, 1.82) is 0 Å². The highest BCUT2D eigenvalue weighted by atomic mass is 16.5. The Labute approximate surface area is 366 Å². The predicted molar refractivity (Wildman–Crippen MR) is 255 cm³/mol. The van der Waals surface area contributed by atoms with Crippen LogP contribution in [0.1, 0.15) is 264 Å². The molecule has 0 saturated carbocycles. The fourth-order valence-corrected chi connectivity index (χ4v) is 7.66. The number of rotatable bonds is 47. The van der Waals surface area contributed by atoms with Crippen molar-refractivity contribution in [2.45, 2.75) is 276 Å². The first kappa shape index (κ1) is 57.1. The lowest BCUT2D eigenvalue weighted by molar-refractivity contribution is -0.143. The van der Waals surface area contributed by atoms with Gasteiger partial charge in [0.05, 0.1) is 25.4 Å². The van der Waals surface area contributed by atoms with Crippen LogP contribution in [0.3, 0.4) is 0 Å². The second kappa shape index (κ2) is 48.7. The van der Waals surface area contributed by atoms with Crippen molar-refractivity contribution in [3.8, 4) is 0 Å². The zero-order chi connectivity index (χ0) is 43.0. The van der Waals surface area contributed by atoms with Gasteiger partial charge in [-0.25, -0.2) is 0 Å². The molecule has 6 nitrogen and oxygen atoms in total. The number of aliphatic hydroxyl groups excluding tert-OH is 2. The Bertz CT molecular complexity index is 962. The standard InChI is InChI=1S/C53H99NO5/c1-3-5-7-9-11-13-15-16-17-18-19-20-21-24-27-31-35-39-43-47-53(58)59-48-44-40-36-32-28-25-22-23-26-30-34-38-42-46-52(57)54-50(49-55)51(56)45-41-37-33-29-14-12-10-8-6-4-2/h11,13,16-17,41,45,50-51,55-56H,3-10,12,14-15,18-40,42-44,46-49H2,1-2H3,(H,54,57)/b13-11-,17-16-,45-41+. The van der Waals surface area contributed by atoms with Crippen molar-refractivity contribution >= 4 is 11.9 Å². The van der Waals surface area contributed by atoms with Crippen LogP contribution in [-0.4, -0.2) is 47.4 Å². The zero-order valence-corrected chi connectivity index (χ0v) is 39.2. The van der Waals surface area contributed by atoms with E-state index in [1.807, 2.05) is 6.08 Å². The third kappa shape index (κ3) is 45.4. The lowest BCUT2D eigenvalue weighted by Gasteiger charge is -2.20. The number of carbonyl (C=O) groups is 2. The van der Waals surface area contributed by atoms with E-state index < -0.39 is 12.1 Å². The van der Waals surface area contributed by atoms with E-state index in [2.05, 4.69) is 43.5 Å². The molecule has 0 aliphatic heterocycles. The summed E-state index contributed by atoms with van der Waals surface area (Å²) in [7, 11) is 0. The number of aliphatic hydroxyl groups is 2. The summed E-state index contributed by atoms with van der Waals surface area (Å²) in [5, 5.41) is 22.9. The SMILES string of the molecule is CCCCC/C=C\C/C=C\CCCCCCCCCCCC(=O)OCCCCCCCCCCCCCCCC(=O)NC(CO)C(O)/C=C/CCCCCCCCCC. The molecule has 59 heavy (non-hydrogen) atoms. The van der Waals surface area contributed by atoms with Crippen molar-refractivity contribution in [3.63, 3.8) is 0 Å². The topological polar surface area (TPSA) is 95.9 Å². The second-order valence-corrected chi connectivity index (χ2v) is 17.5. The van der Waals surface area contributed by atoms with Gasteiger partial charge < -0.3 is 20.3 Å². The molecule has 0 aliphatic rings. The molecule has 0 saturated heterocycles. The Morgan fingerprint density at radius 3 is 1.32 bits per heavy atom. The Hall–Kier alpha value is -1.92. The van der Waals surface area contributed by atoms with Gasteiger partial charge in [0.15, 0.2) is 0 Å². The van der Waals surface area contributed by atoms with Crippen LogP contribution in [0.4, 0.5) is 0 Å². The van der Waals surface area contributed by atoms with E-state index in [0.29, 0.717) is 19.4 Å². The molecule has 6 heteroatoms. The Morgan fingerprint density at radius 1 is 0.475 bits per heavy atom. The maximum Gasteiger partial charge on any atom is 0.305 e. The Morgan fingerprint density at radius 2 is 0.847 bits per heavy atom. The molecule has 1 amide bonds. The van der Waals surface area contributed by atoms with Crippen molar-refractivity contribution in [1.82, 2.24) is 5.32 Å². The fourth-order valence-electron chi connectivity index (χ4n) is 7.66. The van der Waals surface area contributed by atoms with Gasteiger partial charge in [-0.3, -0.25) is 9.59 Å². The molecule has 0 bridgehead atoms. The monoisotopic (exact) mass is 830 g/mol. The minimum Gasteiger partial charge on any atom is -0.466 e. The molecule has 346 valence electrons. The number of esters is 1. The van der Waals surface area contributed by atoms with E-state index in [9.17, 15) is 19.8 Å². The summed E-state index contributed by atoms with van der Waals surface area (Å²) in [5.74, 6) is -0.0952. The summed E-state index contributed by atoms with van der Waals surface area (Å²) < 4.78 is 5.47. The van der Waals surface area contributed by atoms with Gasteiger partial charge in [-0.1, -0.05) is 224 Å². The number of hydrogen-bond acceptors (Lipinski definition) is 5. The molecule has 0 aromatic carbocycles. The van der Waals surface area contributed by atoms with E-state index in [1.54, 1.807) is 6.08 Å². The maximum atomic E-state index is 12.4. The molecule has 0 radical (unpaired) electrons. The van der Waals surface area contributed by atoms with Crippen molar-refractivity contribution in [3.05, 3.63) is 36.5 Å². The summed E-state index contributed by atoms with van der Waals surface area (Å²) in [6, 6.07) is -0.636. The van der Waals surface area contributed by atoms with Crippen LogP contribution in [0, 0.1) is 0 Å². The molecule has 0 aromatic heterocycles. The molecule has 2 unspecified atom stereocenters. The van der Waals surface area contributed by atoms with E-state index in [1.165, 1.54) is 173 Å². The molecule has 0 spiro atoms. The predicted octanol–water partition coefficient (Wildman–Crippen LogP) is 15.3. The lowest BCUT2D eigenvalue weighted by Crippen LogP contribution is -2.45. The van der Waals surface area contributed by atoms with Gasteiger partial charge in [-0.15, -0.1) is 0 Å². The number of amides is 1. The van der Waals surface area contributed by atoms with Gasteiger partial charge in [0, 0.05) is 12.8 Å². The number of unbranched alkanes of at least 4 members (excludes halogenated alkanes) is 32. The highest BCUT2D eigenvalue weighted by molar-refractivity contribution is 5.76. The number of allylic oxidation sites excluding steroid dienone is 5. The van der Waals surface area contributed by atoms with Gasteiger partial charge >= 0.3 is 5.97 Å². The Kier molecular flexibility index (Phi) is 47.2. The van der Waals surface area contributed by atoms with Crippen molar-refractivity contribution < 1.29 is 24.5 Å². The number of ether oxygens (including phenoxy) is 1. The van der Waals surface area contributed by atoms with Crippen LogP contribution in [0.2, 0.25) is 0 Å². The molecule has 0 aromatic rings. The maximum absolute atomic E-state index is 12.4. The summed E-state index contributed by atoms with van der Waals surface area (Å²) in [5.41, 5.74) is 0. The first-order valence-electron chi connectivity index (χ1n) is 25.8. The number of nitrogens with one attached hydrogen (secondary N) is 1. The van der Waals surface area contributed by atoms with E-state index >= 15 is 0 Å². The van der Waals surface area contributed by atoms with Crippen LogP contribution >= 0.6 is 0 Å². The highest BCUT2D eigenvalue weighted by Crippen LogP contribution is 2.15. The minimum atomic E-state index is -0.851. The average Bonchev–Trinajstić information content (AvgIpc) is 3.24. The highest BCUT2D eigenvalue weighted by Gasteiger charge is 2.18. The second-order valence-electron chi connectivity index (χ2n) is 17.5. The van der Waals surface area contributed by atoms with E-state index in [-0.39, 0.29) is 18.5 Å². The van der Waals surface area contributed by atoms with Crippen LogP contribution in [-0.2, 0) is 14.3 Å². The van der Waals surface area contributed by atoms with Crippen molar-refractivity contribution in [2.75, 3.05) is 13.2 Å². The fraction of sp³-hybridized carbons (Fsp3) is 0.849. The third-order valence-electron chi connectivity index (χ3n) is 11.7. The summed E-state index contributed by atoms with van der Waals surface area (Å²) in [6.45, 7) is 4.82. The largest absolute Gasteiger partial charge is 0.466 e. The zero-order valence-electron chi connectivity index (χ0n) is 39.2. The molecule has 0 fully saturated rings. The number of hydrogen-bond donors (Lipinski definition) is 3. The van der Waals surface area contributed by atoms with Crippen LogP contribution in [0.5, 0.6) is 0 Å². The van der Waals surface area contributed by atoms with Crippen LogP contribution in [0.25, 0.3) is 0 Å². The molecule has 2 atom stereocenters. The van der Waals surface area contributed by atoms with Crippen LogP contribution < -0.4 is 5.32 Å². The number of carbonyl (C=O) groups excluding carboxylic acids is 2. The Balaban J connectivity index is 3.44. The molecule has 0 aliphatic carbocycles. The van der Waals surface area contributed by atoms with Gasteiger partial charge in [0.25, 0.3) is 0 Å². The summed E-state index contributed by atoms with van der Waals surface area (Å²) in [4.78, 5) is 24.4. The van der Waals surface area contributed by atoms with Crippen LogP contribution in [0.15, 0.2) is 36.5 Å². The molecule has 3 N–H and O–H groups in total. The molecule has 0 heterocycles. The first-order valence-corrected chi connectivity index (χ1v) is 25.8. The van der Waals surface area contributed by atoms with E-state index in [4.69, 9.17) is 4.74 Å². The lowest BCUT2D eigenvalue weighted by atomic mass is 10.0. The van der Waals surface area contributed by atoms with Gasteiger partial charge in [-0.2, -0.15) is 0 Å². The van der Waals surface area contributed by atoms with Gasteiger partial charge in [0.1, 0.15) is 0 Å². The van der Waals surface area contributed by atoms with Crippen molar-refractivity contribution in [2.24, 2.45) is 0 Å². The first-order chi connectivity index (χ1) is 29.0. The van der Waals surface area contributed by atoms with E-state index in [0.717, 1.165) is 64.2 Å². The molecule has 0 rings (SSSR count). The summed E-state index contributed by atoms with van der Waals surface area (Å²) >= 11 is 0. The van der Waals surface area contributed by atoms with Gasteiger partial charge in [-0.05, 0) is 64.2 Å².